The van der Waals surface area contributed by atoms with Crippen molar-refractivity contribution in [1.29, 1.82) is 0 Å². The molecule has 0 aliphatic heterocycles. The molecule has 0 saturated heterocycles. The van der Waals surface area contributed by atoms with Crippen LogP contribution in [-0.4, -0.2) is 20.7 Å². The summed E-state index contributed by atoms with van der Waals surface area (Å²) in [5.74, 6) is -0.0567. The van der Waals surface area contributed by atoms with Crippen LogP contribution in [0.1, 0.15) is 53.3 Å². The van der Waals surface area contributed by atoms with Crippen molar-refractivity contribution < 1.29 is 9.18 Å². The van der Waals surface area contributed by atoms with Crippen LogP contribution < -0.4 is 5.32 Å². The van der Waals surface area contributed by atoms with Crippen LogP contribution in [0.2, 0.25) is 0 Å². The number of pyridine rings is 1. The zero-order chi connectivity index (χ0) is 19.5. The largest absolute Gasteiger partial charge is 0.345 e. The molecule has 3 aromatic rings. The predicted octanol–water partition coefficient (Wildman–Crippen LogP) is 4.38. The molecule has 28 heavy (non-hydrogen) atoms. The van der Waals surface area contributed by atoms with Crippen LogP contribution in [0, 0.1) is 18.7 Å². The molecule has 0 bridgehead atoms. The summed E-state index contributed by atoms with van der Waals surface area (Å²) in [6, 6.07) is 10.0. The molecule has 1 aliphatic carbocycles. The first-order chi connectivity index (χ1) is 13.6. The molecule has 1 amide bonds. The smallest absolute Gasteiger partial charge is 0.255 e. The fraction of sp³-hybridized carbons (Fsp3) is 0.318. The van der Waals surface area contributed by atoms with Crippen molar-refractivity contribution in [2.45, 2.75) is 38.6 Å². The number of hydrogen-bond acceptors (Lipinski definition) is 3. The van der Waals surface area contributed by atoms with Gasteiger partial charge in [0.15, 0.2) is 0 Å². The third-order valence-electron chi connectivity index (χ3n) is 5.55. The lowest BCUT2D eigenvalue weighted by Crippen LogP contribution is -2.33. The Hall–Kier alpha value is -3.02. The van der Waals surface area contributed by atoms with Crippen molar-refractivity contribution in [2.24, 2.45) is 5.92 Å². The van der Waals surface area contributed by atoms with E-state index >= 15 is 0 Å². The normalized spacial score (nSPS) is 15.5. The van der Waals surface area contributed by atoms with E-state index in [1.165, 1.54) is 12.1 Å². The number of aromatic nitrogens is 3. The van der Waals surface area contributed by atoms with Crippen molar-refractivity contribution in [3.8, 4) is 5.69 Å². The number of nitrogens with one attached hydrogen (secondary N) is 1. The number of amides is 1. The quantitative estimate of drug-likeness (QED) is 0.717. The highest BCUT2D eigenvalue weighted by Gasteiger charge is 2.29. The molecule has 2 aromatic heterocycles. The summed E-state index contributed by atoms with van der Waals surface area (Å²) in [5, 5.41) is 7.56. The lowest BCUT2D eigenvalue weighted by atomic mass is 9.91. The number of hydrogen-bond donors (Lipinski definition) is 1. The molecule has 2 heterocycles. The van der Waals surface area contributed by atoms with E-state index in [2.05, 4.69) is 15.4 Å². The van der Waals surface area contributed by atoms with Crippen molar-refractivity contribution in [2.75, 3.05) is 0 Å². The Labute approximate surface area is 163 Å². The first kappa shape index (κ1) is 18.3. The molecule has 1 atom stereocenters. The number of halogens is 1. The van der Waals surface area contributed by atoms with Crippen LogP contribution in [0.4, 0.5) is 4.39 Å². The number of nitrogens with zero attached hydrogens (tertiary/aromatic N) is 3. The molecule has 5 nitrogen and oxygen atoms in total. The molecule has 0 spiro atoms. The molecule has 0 radical (unpaired) electrons. The Morgan fingerprint density at radius 1 is 1.14 bits per heavy atom. The van der Waals surface area contributed by atoms with Crippen LogP contribution in [0.25, 0.3) is 5.69 Å². The maximum atomic E-state index is 13.4. The lowest BCUT2D eigenvalue weighted by Gasteiger charge is -2.25. The molecule has 1 saturated carbocycles. The summed E-state index contributed by atoms with van der Waals surface area (Å²) in [6.45, 7) is 1.88. The van der Waals surface area contributed by atoms with Crippen molar-refractivity contribution >= 4 is 5.91 Å². The Bertz CT molecular complexity index is 946. The summed E-state index contributed by atoms with van der Waals surface area (Å²) in [6.07, 6.45) is 9.45. The summed E-state index contributed by atoms with van der Waals surface area (Å²) in [7, 11) is 0. The van der Waals surface area contributed by atoms with Gasteiger partial charge in [0.25, 0.3) is 5.91 Å². The highest BCUT2D eigenvalue weighted by molar-refractivity contribution is 5.95. The van der Waals surface area contributed by atoms with Gasteiger partial charge in [0, 0.05) is 12.4 Å². The summed E-state index contributed by atoms with van der Waals surface area (Å²) in [5.41, 5.74) is 3.12. The van der Waals surface area contributed by atoms with Crippen molar-refractivity contribution in [1.82, 2.24) is 20.1 Å². The number of carbonyl (C=O) groups is 1. The second kappa shape index (κ2) is 7.92. The fourth-order valence-corrected chi connectivity index (χ4v) is 4.03. The number of carbonyl (C=O) groups excluding carboxylic acids is 1. The zero-order valence-electron chi connectivity index (χ0n) is 15.8. The van der Waals surface area contributed by atoms with Gasteiger partial charge in [-0.2, -0.15) is 5.10 Å². The maximum absolute atomic E-state index is 13.4. The topological polar surface area (TPSA) is 59.8 Å². The van der Waals surface area contributed by atoms with Gasteiger partial charge in [-0.15, -0.1) is 0 Å². The van der Waals surface area contributed by atoms with Crippen LogP contribution in [0.5, 0.6) is 0 Å². The van der Waals surface area contributed by atoms with Gasteiger partial charge in [-0.1, -0.05) is 25.0 Å². The van der Waals surface area contributed by atoms with Gasteiger partial charge >= 0.3 is 0 Å². The van der Waals surface area contributed by atoms with E-state index in [1.54, 1.807) is 35.4 Å². The number of rotatable bonds is 5. The maximum Gasteiger partial charge on any atom is 0.255 e. The minimum atomic E-state index is -0.269. The standard InChI is InChI=1S/C22H23FN4O/c1-15-20(14-25-27(15)19-10-12-24-13-11-19)22(28)26-21(16-4-2-3-5-16)17-6-8-18(23)9-7-17/h6-14,16,21H,2-5H2,1H3,(H,26,28). The van der Waals surface area contributed by atoms with E-state index in [-0.39, 0.29) is 17.8 Å². The minimum absolute atomic E-state index is 0.126. The predicted molar refractivity (Wildman–Crippen MR) is 105 cm³/mol. The van der Waals surface area contributed by atoms with E-state index in [9.17, 15) is 9.18 Å². The van der Waals surface area contributed by atoms with E-state index in [1.807, 2.05) is 19.1 Å². The SMILES string of the molecule is Cc1c(C(=O)NC(c2ccc(F)cc2)C2CCCC2)cnn1-c1ccncc1. The zero-order valence-corrected chi connectivity index (χ0v) is 15.8. The first-order valence-corrected chi connectivity index (χ1v) is 9.65. The monoisotopic (exact) mass is 378 g/mol. The summed E-state index contributed by atoms with van der Waals surface area (Å²) >= 11 is 0. The van der Waals surface area contributed by atoms with E-state index < -0.39 is 0 Å². The van der Waals surface area contributed by atoms with Crippen LogP contribution in [0.15, 0.2) is 55.0 Å². The van der Waals surface area contributed by atoms with Gasteiger partial charge in [0.2, 0.25) is 0 Å². The molecular weight excluding hydrogens is 355 g/mol. The Morgan fingerprint density at radius 2 is 1.82 bits per heavy atom. The highest BCUT2D eigenvalue weighted by Crippen LogP contribution is 2.36. The van der Waals surface area contributed by atoms with Crippen LogP contribution >= 0.6 is 0 Å². The molecular formula is C22H23FN4O. The second-order valence-corrected chi connectivity index (χ2v) is 7.31. The Balaban J connectivity index is 1.60. The fourth-order valence-electron chi connectivity index (χ4n) is 4.03. The van der Waals surface area contributed by atoms with Crippen LogP contribution in [0.3, 0.4) is 0 Å². The molecule has 1 aromatic carbocycles. The number of benzene rings is 1. The van der Waals surface area contributed by atoms with E-state index in [0.717, 1.165) is 42.6 Å². The lowest BCUT2D eigenvalue weighted by molar-refractivity contribution is 0.0921. The highest BCUT2D eigenvalue weighted by atomic mass is 19.1. The van der Waals surface area contributed by atoms with Crippen molar-refractivity contribution in [3.63, 3.8) is 0 Å². The third kappa shape index (κ3) is 3.67. The summed E-state index contributed by atoms with van der Waals surface area (Å²) in [4.78, 5) is 17.1. The van der Waals surface area contributed by atoms with Gasteiger partial charge in [-0.05, 0) is 55.5 Å². The van der Waals surface area contributed by atoms with Gasteiger partial charge < -0.3 is 5.32 Å². The van der Waals surface area contributed by atoms with E-state index in [0.29, 0.717) is 11.5 Å². The van der Waals surface area contributed by atoms with E-state index in [4.69, 9.17) is 0 Å². The van der Waals surface area contributed by atoms with Crippen LogP contribution in [-0.2, 0) is 0 Å². The van der Waals surface area contributed by atoms with Crippen molar-refractivity contribution in [3.05, 3.63) is 77.6 Å². The molecule has 1 N–H and O–H groups in total. The van der Waals surface area contributed by atoms with Gasteiger partial charge in [-0.25, -0.2) is 9.07 Å². The molecule has 1 fully saturated rings. The molecule has 1 unspecified atom stereocenters. The van der Waals surface area contributed by atoms with Gasteiger partial charge in [-0.3, -0.25) is 9.78 Å². The third-order valence-corrected chi connectivity index (χ3v) is 5.55. The molecule has 1 aliphatic rings. The second-order valence-electron chi connectivity index (χ2n) is 7.31. The Morgan fingerprint density at radius 3 is 2.50 bits per heavy atom. The average Bonchev–Trinajstić information content (AvgIpc) is 3.37. The molecule has 6 heteroatoms. The van der Waals surface area contributed by atoms with Gasteiger partial charge in [0.1, 0.15) is 5.82 Å². The summed E-state index contributed by atoms with van der Waals surface area (Å²) < 4.78 is 15.1. The average molecular weight is 378 g/mol. The first-order valence-electron chi connectivity index (χ1n) is 9.65. The minimum Gasteiger partial charge on any atom is -0.345 e. The molecule has 4 rings (SSSR count). The molecule has 144 valence electrons. The Kier molecular flexibility index (Phi) is 5.19. The van der Waals surface area contributed by atoms with Gasteiger partial charge in [0.05, 0.1) is 29.2 Å².